The molecule has 0 aliphatic heterocycles. The van der Waals surface area contributed by atoms with Crippen LogP contribution in [0, 0.1) is 0 Å². The maximum atomic E-state index is 3.70. The van der Waals surface area contributed by atoms with Crippen molar-refractivity contribution in [3.8, 4) is 11.1 Å². The summed E-state index contributed by atoms with van der Waals surface area (Å²) < 4.78 is 2.59. The molecule has 2 nitrogen and oxygen atoms in total. The van der Waals surface area contributed by atoms with Gasteiger partial charge >= 0.3 is 0 Å². The molecule has 0 saturated heterocycles. The lowest BCUT2D eigenvalue weighted by molar-refractivity contribution is 0.664. The molecule has 2 heteroatoms. The highest BCUT2D eigenvalue weighted by molar-refractivity contribution is 6.31. The highest BCUT2D eigenvalue weighted by atomic mass is 14.9. The molecule has 0 saturated carbocycles. The Labute approximate surface area is 201 Å². The van der Waals surface area contributed by atoms with Crippen molar-refractivity contribution < 1.29 is 0 Å². The van der Waals surface area contributed by atoms with Crippen LogP contribution >= 0.6 is 0 Å². The number of nitrogens with zero attached hydrogens (tertiary/aromatic N) is 1. The lowest BCUT2D eigenvalue weighted by Gasteiger charge is -2.22. The zero-order valence-electron chi connectivity index (χ0n) is 19.6. The highest BCUT2D eigenvalue weighted by Crippen LogP contribution is 2.53. The van der Waals surface area contributed by atoms with E-state index in [0.717, 1.165) is 0 Å². The molecule has 0 unspecified atom stereocenters. The summed E-state index contributed by atoms with van der Waals surface area (Å²) in [6.07, 6.45) is 0. The smallest absolute Gasteiger partial charge is 0.0620 e. The van der Waals surface area contributed by atoms with E-state index in [4.69, 9.17) is 0 Å². The van der Waals surface area contributed by atoms with Crippen LogP contribution in [0.2, 0.25) is 0 Å². The molecule has 1 N–H and O–H groups in total. The molecular weight excluding hydrogens is 424 g/mol. The average Bonchev–Trinajstić information content (AvgIpc) is 3.47. The van der Waals surface area contributed by atoms with Gasteiger partial charge in [0.15, 0.2) is 0 Å². The molecule has 35 heavy (non-hydrogen) atoms. The van der Waals surface area contributed by atoms with Crippen molar-refractivity contribution in [1.29, 1.82) is 0 Å². The van der Waals surface area contributed by atoms with Crippen molar-refractivity contribution in [3.63, 3.8) is 0 Å². The Balaban J connectivity index is 1.69. The zero-order valence-corrected chi connectivity index (χ0v) is 19.6. The Bertz CT molecular complexity index is 2190. The van der Waals surface area contributed by atoms with Gasteiger partial charge in [-0.2, -0.15) is 0 Å². The summed E-state index contributed by atoms with van der Waals surface area (Å²) >= 11 is 0. The largest absolute Gasteiger partial charge is 0.354 e. The minimum atomic E-state index is -0.0833. The van der Waals surface area contributed by atoms with Crippen molar-refractivity contribution in [2.24, 2.45) is 0 Å². The fourth-order valence-electron chi connectivity index (χ4n) is 7.26. The van der Waals surface area contributed by atoms with Gasteiger partial charge in [-0.25, -0.2) is 0 Å². The Hall–Kier alpha value is -4.30. The SMILES string of the molecule is CC1(C)c2ccccc2-c2ccc3c4cccc5c6cccc7[nH]c8cccc(c8c76)n(c3c21)c54. The molecule has 0 atom stereocenters. The lowest BCUT2D eigenvalue weighted by atomic mass is 9.81. The first-order chi connectivity index (χ1) is 17.1. The molecule has 5 aromatic carbocycles. The minimum Gasteiger partial charge on any atom is -0.354 e. The van der Waals surface area contributed by atoms with E-state index in [1.54, 1.807) is 0 Å². The van der Waals surface area contributed by atoms with Crippen molar-refractivity contribution in [1.82, 2.24) is 9.38 Å². The van der Waals surface area contributed by atoms with Crippen LogP contribution in [0.25, 0.3) is 71.0 Å². The van der Waals surface area contributed by atoms with Crippen LogP contribution in [-0.4, -0.2) is 9.38 Å². The summed E-state index contributed by atoms with van der Waals surface area (Å²) in [7, 11) is 0. The first-order valence-corrected chi connectivity index (χ1v) is 12.4. The maximum absolute atomic E-state index is 3.70. The topological polar surface area (TPSA) is 20.2 Å². The average molecular weight is 447 g/mol. The summed E-state index contributed by atoms with van der Waals surface area (Å²) in [5, 5.41) is 7.94. The molecule has 9 rings (SSSR count). The van der Waals surface area contributed by atoms with Gasteiger partial charge in [-0.1, -0.05) is 86.6 Å². The third-order valence-corrected chi connectivity index (χ3v) is 8.62. The predicted octanol–water partition coefficient (Wildman–Crippen LogP) is 8.78. The van der Waals surface area contributed by atoms with Crippen LogP contribution in [0.3, 0.4) is 0 Å². The summed E-state index contributed by atoms with van der Waals surface area (Å²) in [6.45, 7) is 4.78. The van der Waals surface area contributed by atoms with Crippen LogP contribution in [-0.2, 0) is 5.41 Å². The van der Waals surface area contributed by atoms with E-state index >= 15 is 0 Å². The van der Waals surface area contributed by atoms with Crippen LogP contribution < -0.4 is 0 Å². The fourth-order valence-corrected chi connectivity index (χ4v) is 7.26. The van der Waals surface area contributed by atoms with Crippen LogP contribution in [0.5, 0.6) is 0 Å². The molecule has 164 valence electrons. The second-order valence-electron chi connectivity index (χ2n) is 10.6. The molecule has 0 radical (unpaired) electrons. The summed E-state index contributed by atoms with van der Waals surface area (Å²) in [5.41, 5.74) is 11.8. The van der Waals surface area contributed by atoms with E-state index in [1.807, 2.05) is 0 Å². The Morgan fingerprint density at radius 2 is 1.26 bits per heavy atom. The quantitative estimate of drug-likeness (QED) is 0.240. The van der Waals surface area contributed by atoms with Crippen molar-refractivity contribution >= 4 is 59.9 Å². The molecule has 0 amide bonds. The van der Waals surface area contributed by atoms with E-state index in [-0.39, 0.29) is 5.41 Å². The summed E-state index contributed by atoms with van der Waals surface area (Å²) in [5.74, 6) is 0. The van der Waals surface area contributed by atoms with Gasteiger partial charge in [0, 0.05) is 43.4 Å². The number of fused-ring (bicyclic) bond motifs is 9. The Morgan fingerprint density at radius 3 is 2.14 bits per heavy atom. The normalized spacial score (nSPS) is 14.8. The second kappa shape index (κ2) is 5.67. The molecule has 3 aromatic heterocycles. The van der Waals surface area contributed by atoms with Gasteiger partial charge in [0.25, 0.3) is 0 Å². The number of hydrogen-bond donors (Lipinski definition) is 1. The second-order valence-corrected chi connectivity index (χ2v) is 10.6. The van der Waals surface area contributed by atoms with Gasteiger partial charge in [-0.05, 0) is 45.8 Å². The number of benzene rings is 5. The van der Waals surface area contributed by atoms with Gasteiger partial charge in [0.1, 0.15) is 0 Å². The number of aromatic amines is 1. The Kier molecular flexibility index (Phi) is 2.93. The van der Waals surface area contributed by atoms with Crippen LogP contribution in [0.1, 0.15) is 25.0 Å². The number of nitrogens with one attached hydrogen (secondary N) is 1. The first-order valence-electron chi connectivity index (χ1n) is 12.4. The number of hydrogen-bond acceptors (Lipinski definition) is 0. The van der Waals surface area contributed by atoms with Crippen LogP contribution in [0.4, 0.5) is 0 Å². The number of aromatic nitrogens is 2. The van der Waals surface area contributed by atoms with E-state index in [9.17, 15) is 0 Å². The standard InChI is InChI=1S/C33H22N2/c1-33(2)24-12-4-3-8-18(24)20-16-17-23-22-11-5-10-21-19-9-6-13-25-28(19)29-26(34-25)14-7-15-27(29)35(31(21)22)32(23)30(20)33/h3-17,34H,1-2H3. The van der Waals surface area contributed by atoms with E-state index in [0.29, 0.717) is 0 Å². The van der Waals surface area contributed by atoms with Crippen molar-refractivity contribution in [2.45, 2.75) is 19.3 Å². The van der Waals surface area contributed by atoms with Gasteiger partial charge in [-0.15, -0.1) is 0 Å². The highest BCUT2D eigenvalue weighted by Gasteiger charge is 2.38. The third-order valence-electron chi connectivity index (χ3n) is 8.62. The summed E-state index contributed by atoms with van der Waals surface area (Å²) in [4.78, 5) is 3.70. The summed E-state index contributed by atoms with van der Waals surface area (Å²) in [6, 6.07) is 33.9. The van der Waals surface area contributed by atoms with Gasteiger partial charge in [0.05, 0.1) is 16.6 Å². The molecular formula is C33H22N2. The number of rotatable bonds is 0. The van der Waals surface area contributed by atoms with Gasteiger partial charge in [0.2, 0.25) is 0 Å². The molecule has 1 aliphatic rings. The van der Waals surface area contributed by atoms with E-state index in [2.05, 4.69) is 114 Å². The third kappa shape index (κ3) is 1.89. The molecule has 0 spiro atoms. The minimum absolute atomic E-state index is 0.0833. The van der Waals surface area contributed by atoms with Crippen molar-refractivity contribution in [3.05, 3.63) is 102 Å². The Morgan fingerprint density at radius 1 is 0.571 bits per heavy atom. The lowest BCUT2D eigenvalue weighted by Crippen LogP contribution is -2.16. The zero-order chi connectivity index (χ0) is 23.1. The first kappa shape index (κ1) is 18.1. The molecule has 8 aromatic rings. The monoisotopic (exact) mass is 446 g/mol. The molecule has 0 bridgehead atoms. The molecule has 3 heterocycles. The number of para-hydroxylation sites is 1. The fraction of sp³-hybridized carbons (Fsp3) is 0.0909. The number of H-pyrrole nitrogens is 1. The molecule has 0 fully saturated rings. The predicted molar refractivity (Wildman–Crippen MR) is 148 cm³/mol. The van der Waals surface area contributed by atoms with Gasteiger partial charge < -0.3 is 9.38 Å². The maximum Gasteiger partial charge on any atom is 0.0620 e. The van der Waals surface area contributed by atoms with Crippen molar-refractivity contribution in [2.75, 3.05) is 0 Å². The molecule has 1 aliphatic carbocycles. The van der Waals surface area contributed by atoms with E-state index < -0.39 is 0 Å². The van der Waals surface area contributed by atoms with Crippen LogP contribution in [0.15, 0.2) is 91.0 Å². The van der Waals surface area contributed by atoms with Gasteiger partial charge in [-0.3, -0.25) is 0 Å². The van der Waals surface area contributed by atoms with E-state index in [1.165, 1.54) is 82.2 Å².